The number of rotatable bonds is 7. The van der Waals surface area contributed by atoms with Crippen LogP contribution in [-0.4, -0.2) is 42.9 Å². The fourth-order valence-electron chi connectivity index (χ4n) is 4.43. The van der Waals surface area contributed by atoms with Crippen molar-refractivity contribution >= 4 is 17.3 Å². The number of hydrogen-bond donors (Lipinski definition) is 2. The lowest BCUT2D eigenvalue weighted by Crippen LogP contribution is -2.50. The van der Waals surface area contributed by atoms with Crippen molar-refractivity contribution in [3.8, 4) is 11.5 Å². The SMILES string of the molecule is COc1cc2c(cc1OC)C(C(C)NC(=S)NC(C)C)N(Cc1cccc(C)c1)CC2. The maximum absolute atomic E-state index is 5.63. The Hall–Kier alpha value is -2.31. The summed E-state index contributed by atoms with van der Waals surface area (Å²) in [7, 11) is 3.38. The summed E-state index contributed by atoms with van der Waals surface area (Å²) in [6.45, 7) is 10.4. The van der Waals surface area contributed by atoms with Gasteiger partial charge in [-0.25, -0.2) is 0 Å². The number of nitrogens with one attached hydrogen (secondary N) is 2. The van der Waals surface area contributed by atoms with Crippen LogP contribution in [0.1, 0.15) is 49.1 Å². The van der Waals surface area contributed by atoms with E-state index < -0.39 is 0 Å². The van der Waals surface area contributed by atoms with Gasteiger partial charge in [-0.3, -0.25) is 4.90 Å². The summed E-state index contributed by atoms with van der Waals surface area (Å²) in [6.07, 6.45) is 0.972. The number of ether oxygens (including phenoxy) is 2. The monoisotopic (exact) mass is 441 g/mol. The van der Waals surface area contributed by atoms with E-state index in [-0.39, 0.29) is 12.1 Å². The highest BCUT2D eigenvalue weighted by Crippen LogP contribution is 2.40. The zero-order valence-electron chi connectivity index (χ0n) is 19.5. The third kappa shape index (κ3) is 5.69. The fraction of sp³-hybridized carbons (Fsp3) is 0.480. The quantitative estimate of drug-likeness (QED) is 0.622. The first-order chi connectivity index (χ1) is 14.8. The van der Waals surface area contributed by atoms with Crippen LogP contribution in [-0.2, 0) is 13.0 Å². The predicted molar refractivity (Wildman–Crippen MR) is 131 cm³/mol. The smallest absolute Gasteiger partial charge is 0.166 e. The largest absolute Gasteiger partial charge is 0.493 e. The van der Waals surface area contributed by atoms with Crippen LogP contribution in [0.15, 0.2) is 36.4 Å². The molecule has 0 amide bonds. The fourth-order valence-corrected chi connectivity index (χ4v) is 4.85. The number of methoxy groups -OCH3 is 2. The van der Waals surface area contributed by atoms with Gasteiger partial charge in [-0.1, -0.05) is 29.8 Å². The van der Waals surface area contributed by atoms with E-state index in [1.54, 1.807) is 14.2 Å². The number of thiocarbonyl (C=S) groups is 1. The molecule has 1 aliphatic heterocycles. The molecule has 31 heavy (non-hydrogen) atoms. The van der Waals surface area contributed by atoms with Crippen molar-refractivity contribution in [3.63, 3.8) is 0 Å². The molecule has 168 valence electrons. The summed E-state index contributed by atoms with van der Waals surface area (Å²) in [6, 6.07) is 13.6. The molecule has 0 fully saturated rings. The van der Waals surface area contributed by atoms with E-state index in [0.29, 0.717) is 11.2 Å². The number of aryl methyl sites for hydroxylation is 1. The maximum atomic E-state index is 5.63. The number of nitrogens with zero attached hydrogens (tertiary/aromatic N) is 1. The molecule has 6 heteroatoms. The van der Waals surface area contributed by atoms with E-state index in [2.05, 4.69) is 79.6 Å². The highest BCUT2D eigenvalue weighted by atomic mass is 32.1. The van der Waals surface area contributed by atoms with E-state index in [9.17, 15) is 0 Å². The van der Waals surface area contributed by atoms with Gasteiger partial charge in [-0.15, -0.1) is 0 Å². The van der Waals surface area contributed by atoms with Crippen molar-refractivity contribution in [1.29, 1.82) is 0 Å². The summed E-state index contributed by atoms with van der Waals surface area (Å²) in [5.74, 6) is 1.54. The average Bonchev–Trinajstić information content (AvgIpc) is 2.71. The number of hydrogen-bond acceptors (Lipinski definition) is 4. The van der Waals surface area contributed by atoms with Crippen LogP contribution in [0.2, 0.25) is 0 Å². The van der Waals surface area contributed by atoms with E-state index in [4.69, 9.17) is 21.7 Å². The standard InChI is InChI=1S/C25H35N3O2S/c1-16(2)26-25(31)27-18(4)24-21-14-23(30-6)22(29-5)13-20(21)10-11-28(24)15-19-9-7-8-17(3)12-19/h7-9,12-14,16,18,24H,10-11,15H2,1-6H3,(H2,26,27,31). The molecule has 0 bridgehead atoms. The van der Waals surface area contributed by atoms with Crippen LogP contribution >= 0.6 is 12.2 Å². The lowest BCUT2D eigenvalue weighted by atomic mass is 9.87. The minimum absolute atomic E-state index is 0.112. The van der Waals surface area contributed by atoms with Crippen molar-refractivity contribution in [2.45, 2.75) is 58.8 Å². The Morgan fingerprint density at radius 1 is 1.10 bits per heavy atom. The Morgan fingerprint density at radius 2 is 1.81 bits per heavy atom. The van der Waals surface area contributed by atoms with Crippen molar-refractivity contribution in [2.24, 2.45) is 0 Å². The molecule has 0 radical (unpaired) electrons. The average molecular weight is 442 g/mol. The second kappa shape index (κ2) is 10.3. The van der Waals surface area contributed by atoms with E-state index >= 15 is 0 Å². The minimum Gasteiger partial charge on any atom is -0.493 e. The first-order valence-corrected chi connectivity index (χ1v) is 11.3. The van der Waals surface area contributed by atoms with Gasteiger partial charge < -0.3 is 20.1 Å². The zero-order chi connectivity index (χ0) is 22.5. The van der Waals surface area contributed by atoms with Crippen LogP contribution in [0.25, 0.3) is 0 Å². The van der Waals surface area contributed by atoms with Gasteiger partial charge in [0.15, 0.2) is 16.6 Å². The van der Waals surface area contributed by atoms with Gasteiger partial charge in [0.2, 0.25) is 0 Å². The predicted octanol–water partition coefficient (Wildman–Crippen LogP) is 4.37. The molecule has 0 aliphatic carbocycles. The Morgan fingerprint density at radius 3 is 2.45 bits per heavy atom. The summed E-state index contributed by atoms with van der Waals surface area (Å²) in [5.41, 5.74) is 5.18. The molecule has 2 aromatic carbocycles. The molecule has 2 aromatic rings. The summed E-state index contributed by atoms with van der Waals surface area (Å²) < 4.78 is 11.2. The van der Waals surface area contributed by atoms with Gasteiger partial charge in [0.25, 0.3) is 0 Å². The Kier molecular flexibility index (Phi) is 7.79. The van der Waals surface area contributed by atoms with Crippen molar-refractivity contribution < 1.29 is 9.47 Å². The lowest BCUT2D eigenvalue weighted by Gasteiger charge is -2.41. The highest BCUT2D eigenvalue weighted by Gasteiger charge is 2.33. The molecule has 2 unspecified atom stereocenters. The Balaban J connectivity index is 1.96. The Bertz CT molecular complexity index is 916. The maximum Gasteiger partial charge on any atom is 0.166 e. The van der Waals surface area contributed by atoms with Gasteiger partial charge in [0.05, 0.1) is 20.3 Å². The number of fused-ring (bicyclic) bond motifs is 1. The second-order valence-corrected chi connectivity index (χ2v) is 9.03. The normalized spacial score (nSPS) is 17.1. The molecular formula is C25H35N3O2S. The van der Waals surface area contributed by atoms with E-state index in [1.165, 1.54) is 22.3 Å². The molecule has 0 saturated carbocycles. The van der Waals surface area contributed by atoms with Crippen LogP contribution in [0.5, 0.6) is 11.5 Å². The molecule has 0 saturated heterocycles. The van der Waals surface area contributed by atoms with Crippen LogP contribution in [0, 0.1) is 6.92 Å². The van der Waals surface area contributed by atoms with Crippen LogP contribution in [0.3, 0.4) is 0 Å². The summed E-state index contributed by atoms with van der Waals surface area (Å²) in [5, 5.41) is 7.51. The van der Waals surface area contributed by atoms with E-state index in [1.807, 2.05) is 0 Å². The van der Waals surface area contributed by atoms with Gasteiger partial charge in [-0.05, 0) is 75.2 Å². The molecule has 1 heterocycles. The van der Waals surface area contributed by atoms with Gasteiger partial charge in [0, 0.05) is 25.2 Å². The van der Waals surface area contributed by atoms with Gasteiger partial charge in [0.1, 0.15) is 0 Å². The van der Waals surface area contributed by atoms with Gasteiger partial charge in [-0.2, -0.15) is 0 Å². The van der Waals surface area contributed by atoms with Crippen molar-refractivity contribution in [2.75, 3.05) is 20.8 Å². The topological polar surface area (TPSA) is 45.8 Å². The molecule has 3 rings (SSSR count). The molecule has 5 nitrogen and oxygen atoms in total. The molecule has 2 atom stereocenters. The first kappa shape index (κ1) is 23.4. The van der Waals surface area contributed by atoms with Crippen LogP contribution < -0.4 is 20.1 Å². The lowest BCUT2D eigenvalue weighted by molar-refractivity contribution is 0.149. The molecule has 0 aromatic heterocycles. The van der Waals surface area contributed by atoms with Crippen molar-refractivity contribution in [3.05, 3.63) is 58.7 Å². The number of benzene rings is 2. The molecule has 0 spiro atoms. The Labute approximate surface area is 192 Å². The summed E-state index contributed by atoms with van der Waals surface area (Å²) in [4.78, 5) is 2.54. The first-order valence-electron chi connectivity index (χ1n) is 10.9. The third-order valence-electron chi connectivity index (χ3n) is 5.75. The van der Waals surface area contributed by atoms with Crippen LogP contribution in [0.4, 0.5) is 0 Å². The zero-order valence-corrected chi connectivity index (χ0v) is 20.3. The molecular weight excluding hydrogens is 406 g/mol. The molecule has 1 aliphatic rings. The second-order valence-electron chi connectivity index (χ2n) is 8.62. The molecule has 2 N–H and O–H groups in total. The summed E-state index contributed by atoms with van der Waals surface area (Å²) >= 11 is 5.56. The van der Waals surface area contributed by atoms with E-state index in [0.717, 1.165) is 31.0 Å². The third-order valence-corrected chi connectivity index (χ3v) is 5.98. The minimum atomic E-state index is 0.112. The van der Waals surface area contributed by atoms with Crippen molar-refractivity contribution in [1.82, 2.24) is 15.5 Å². The highest BCUT2D eigenvalue weighted by molar-refractivity contribution is 7.80. The van der Waals surface area contributed by atoms with Gasteiger partial charge >= 0.3 is 0 Å².